The molecule has 1 fully saturated rings. The summed E-state index contributed by atoms with van der Waals surface area (Å²) in [5.74, 6) is 1.72. The van der Waals surface area contributed by atoms with Crippen LogP contribution in [0.5, 0.6) is 0 Å². The standard InChI is InChI=1S/C19H21N9O/c20-11-29-10-12-3-4-13(8-12)23-19-22-9-16-18(25-19)28(27-26-16)17-6-5-14-15(24-17)2-1-7-21-14/h1-2,5-7,9,12-13H,3-4,8,10-11,20H2,(H,22,23,25). The van der Waals surface area contributed by atoms with E-state index in [1.165, 1.54) is 0 Å². The quantitative estimate of drug-likeness (QED) is 0.471. The Labute approximate surface area is 166 Å². The Morgan fingerprint density at radius 1 is 1.10 bits per heavy atom. The summed E-state index contributed by atoms with van der Waals surface area (Å²) in [6.45, 7) is 0.970. The number of aromatic nitrogens is 7. The second kappa shape index (κ2) is 7.64. The molecule has 5 rings (SSSR count). The number of rotatable bonds is 6. The molecule has 3 N–H and O–H groups in total. The van der Waals surface area contributed by atoms with Crippen molar-refractivity contribution in [3.63, 3.8) is 0 Å². The summed E-state index contributed by atoms with van der Waals surface area (Å²) in [4.78, 5) is 18.0. The lowest BCUT2D eigenvalue weighted by molar-refractivity contribution is 0.107. The third-order valence-electron chi connectivity index (χ3n) is 5.20. The van der Waals surface area contributed by atoms with Crippen molar-refractivity contribution in [2.24, 2.45) is 11.7 Å². The molecule has 0 aliphatic heterocycles. The zero-order chi connectivity index (χ0) is 19.6. The second-order valence-corrected chi connectivity index (χ2v) is 7.17. The molecule has 148 valence electrons. The fraction of sp³-hybridized carbons (Fsp3) is 0.368. The van der Waals surface area contributed by atoms with E-state index in [2.05, 4.69) is 35.6 Å². The SMILES string of the molecule is NCOCC1CCC(Nc2ncc3nnn(-c4ccc5ncccc5n4)c3n2)C1. The molecular weight excluding hydrogens is 370 g/mol. The van der Waals surface area contributed by atoms with Crippen LogP contribution >= 0.6 is 0 Å². The number of nitrogens with one attached hydrogen (secondary N) is 1. The van der Waals surface area contributed by atoms with Crippen LogP contribution in [0.15, 0.2) is 36.7 Å². The van der Waals surface area contributed by atoms with Gasteiger partial charge in [0.25, 0.3) is 0 Å². The Hall–Kier alpha value is -3.24. The van der Waals surface area contributed by atoms with Gasteiger partial charge in [0.05, 0.1) is 30.6 Å². The van der Waals surface area contributed by atoms with Gasteiger partial charge in [-0.1, -0.05) is 5.21 Å². The summed E-state index contributed by atoms with van der Waals surface area (Å²) in [5.41, 5.74) is 8.26. The molecule has 0 aromatic carbocycles. The number of ether oxygens (including phenoxy) is 1. The number of nitrogens with two attached hydrogens (primary N) is 1. The van der Waals surface area contributed by atoms with Crippen LogP contribution in [-0.4, -0.2) is 54.3 Å². The van der Waals surface area contributed by atoms with Gasteiger partial charge in [0.15, 0.2) is 17.0 Å². The number of fused-ring (bicyclic) bond motifs is 2. The van der Waals surface area contributed by atoms with Gasteiger partial charge in [0.1, 0.15) is 0 Å². The molecule has 10 nitrogen and oxygen atoms in total. The molecule has 0 saturated heterocycles. The average molecular weight is 391 g/mol. The Morgan fingerprint density at radius 2 is 2.07 bits per heavy atom. The first-order valence-corrected chi connectivity index (χ1v) is 9.65. The molecule has 4 aromatic rings. The molecule has 1 aliphatic carbocycles. The van der Waals surface area contributed by atoms with Crippen molar-refractivity contribution >= 4 is 28.1 Å². The van der Waals surface area contributed by atoms with Crippen LogP contribution in [0, 0.1) is 5.92 Å². The van der Waals surface area contributed by atoms with Crippen LogP contribution in [0.25, 0.3) is 28.0 Å². The smallest absolute Gasteiger partial charge is 0.225 e. The van der Waals surface area contributed by atoms with Gasteiger partial charge < -0.3 is 15.8 Å². The fourth-order valence-electron chi connectivity index (χ4n) is 3.79. The number of hydrogen-bond donors (Lipinski definition) is 2. The molecule has 2 atom stereocenters. The minimum atomic E-state index is 0.268. The maximum absolute atomic E-state index is 5.42. The van der Waals surface area contributed by atoms with E-state index in [1.807, 2.05) is 24.3 Å². The lowest BCUT2D eigenvalue weighted by atomic mass is 10.1. The zero-order valence-corrected chi connectivity index (χ0v) is 15.8. The zero-order valence-electron chi connectivity index (χ0n) is 15.8. The van der Waals surface area contributed by atoms with Gasteiger partial charge in [0.2, 0.25) is 5.95 Å². The van der Waals surface area contributed by atoms with Crippen molar-refractivity contribution in [2.45, 2.75) is 25.3 Å². The van der Waals surface area contributed by atoms with Gasteiger partial charge in [0, 0.05) is 12.2 Å². The Kier molecular flexibility index (Phi) is 4.70. The van der Waals surface area contributed by atoms with Gasteiger partial charge in [-0.05, 0) is 49.4 Å². The number of hydrogen-bond acceptors (Lipinski definition) is 9. The monoisotopic (exact) mass is 391 g/mol. The minimum Gasteiger partial charge on any atom is -0.366 e. The van der Waals surface area contributed by atoms with Crippen LogP contribution in [0.2, 0.25) is 0 Å². The highest BCUT2D eigenvalue weighted by atomic mass is 16.5. The molecule has 29 heavy (non-hydrogen) atoms. The lowest BCUT2D eigenvalue weighted by Gasteiger charge is -2.13. The first kappa shape index (κ1) is 17.8. The number of nitrogens with zero attached hydrogens (tertiary/aromatic N) is 7. The molecule has 4 aromatic heterocycles. The average Bonchev–Trinajstić information content (AvgIpc) is 3.38. The molecule has 4 heterocycles. The van der Waals surface area contributed by atoms with Gasteiger partial charge >= 0.3 is 0 Å². The normalized spacial score (nSPS) is 19.2. The van der Waals surface area contributed by atoms with Crippen molar-refractivity contribution in [1.82, 2.24) is 34.9 Å². The molecular formula is C19H21N9O. The van der Waals surface area contributed by atoms with E-state index in [1.54, 1.807) is 17.1 Å². The van der Waals surface area contributed by atoms with Crippen LogP contribution in [-0.2, 0) is 4.74 Å². The van der Waals surface area contributed by atoms with Crippen molar-refractivity contribution in [2.75, 3.05) is 18.7 Å². The minimum absolute atomic E-state index is 0.268. The van der Waals surface area contributed by atoms with E-state index < -0.39 is 0 Å². The Balaban J connectivity index is 1.40. The highest BCUT2D eigenvalue weighted by Gasteiger charge is 2.25. The largest absolute Gasteiger partial charge is 0.366 e. The van der Waals surface area contributed by atoms with E-state index >= 15 is 0 Å². The lowest BCUT2D eigenvalue weighted by Crippen LogP contribution is -2.19. The third kappa shape index (κ3) is 3.59. The van der Waals surface area contributed by atoms with E-state index in [0.29, 0.717) is 41.5 Å². The topological polar surface area (TPSA) is 130 Å². The van der Waals surface area contributed by atoms with E-state index in [4.69, 9.17) is 10.5 Å². The van der Waals surface area contributed by atoms with Crippen LogP contribution in [0.1, 0.15) is 19.3 Å². The predicted molar refractivity (Wildman–Crippen MR) is 107 cm³/mol. The van der Waals surface area contributed by atoms with Crippen molar-refractivity contribution in [1.29, 1.82) is 0 Å². The highest BCUT2D eigenvalue weighted by Crippen LogP contribution is 2.28. The highest BCUT2D eigenvalue weighted by molar-refractivity contribution is 5.76. The van der Waals surface area contributed by atoms with Crippen molar-refractivity contribution in [3.8, 4) is 5.82 Å². The summed E-state index contributed by atoms with van der Waals surface area (Å²) in [5, 5.41) is 11.8. The third-order valence-corrected chi connectivity index (χ3v) is 5.20. The summed E-state index contributed by atoms with van der Waals surface area (Å²) < 4.78 is 6.97. The van der Waals surface area contributed by atoms with Crippen molar-refractivity contribution in [3.05, 3.63) is 36.7 Å². The summed E-state index contributed by atoms with van der Waals surface area (Å²) >= 11 is 0. The second-order valence-electron chi connectivity index (χ2n) is 7.17. The fourth-order valence-corrected chi connectivity index (χ4v) is 3.79. The molecule has 0 radical (unpaired) electrons. The molecule has 1 aliphatic rings. The summed E-state index contributed by atoms with van der Waals surface area (Å²) in [7, 11) is 0. The van der Waals surface area contributed by atoms with E-state index in [-0.39, 0.29) is 6.73 Å². The predicted octanol–water partition coefficient (Wildman–Crippen LogP) is 1.67. The molecule has 0 bridgehead atoms. The van der Waals surface area contributed by atoms with Crippen LogP contribution in [0.4, 0.5) is 5.95 Å². The number of anilines is 1. The maximum atomic E-state index is 5.42. The molecule has 1 saturated carbocycles. The first-order valence-electron chi connectivity index (χ1n) is 9.65. The Morgan fingerprint density at radius 3 is 3.00 bits per heavy atom. The van der Waals surface area contributed by atoms with Crippen LogP contribution < -0.4 is 11.1 Å². The van der Waals surface area contributed by atoms with Crippen LogP contribution in [0.3, 0.4) is 0 Å². The summed E-state index contributed by atoms with van der Waals surface area (Å²) in [6, 6.07) is 7.85. The molecule has 0 amide bonds. The maximum Gasteiger partial charge on any atom is 0.225 e. The van der Waals surface area contributed by atoms with E-state index in [9.17, 15) is 0 Å². The molecule has 2 unspecified atom stereocenters. The van der Waals surface area contributed by atoms with Gasteiger partial charge in [-0.3, -0.25) is 4.98 Å². The van der Waals surface area contributed by atoms with Gasteiger partial charge in [-0.15, -0.1) is 5.10 Å². The van der Waals surface area contributed by atoms with Crippen molar-refractivity contribution < 1.29 is 4.74 Å². The number of pyridine rings is 2. The molecule has 10 heteroatoms. The first-order chi connectivity index (χ1) is 14.3. The summed E-state index contributed by atoms with van der Waals surface area (Å²) in [6.07, 6.45) is 6.60. The molecule has 0 spiro atoms. The van der Waals surface area contributed by atoms with E-state index in [0.717, 1.165) is 30.3 Å². The Bertz CT molecular complexity index is 1140. The van der Waals surface area contributed by atoms with Gasteiger partial charge in [-0.25, -0.2) is 9.97 Å². The van der Waals surface area contributed by atoms with Gasteiger partial charge in [-0.2, -0.15) is 9.67 Å².